The summed E-state index contributed by atoms with van der Waals surface area (Å²) in [5, 5.41) is 2.21. The minimum atomic E-state index is -3.31. The van der Waals surface area contributed by atoms with E-state index in [0.717, 1.165) is 88.6 Å². The fourth-order valence-electron chi connectivity index (χ4n) is 9.15. The van der Waals surface area contributed by atoms with E-state index in [9.17, 15) is 25.6 Å². The summed E-state index contributed by atoms with van der Waals surface area (Å²) in [6.07, 6.45) is 10.1. The average Bonchev–Trinajstić information content (AvgIpc) is 3.42. The van der Waals surface area contributed by atoms with Crippen LogP contribution in [0, 0.1) is 11.6 Å². The molecule has 380 valence electrons. The first kappa shape index (κ1) is 52.7. The van der Waals surface area contributed by atoms with Crippen molar-refractivity contribution in [3.8, 4) is 22.3 Å². The predicted molar refractivity (Wildman–Crippen MR) is 308 cm³/mol. The molecule has 76 heavy (non-hydrogen) atoms. The Kier molecular flexibility index (Phi) is 15.5. The zero-order chi connectivity index (χ0) is 53.7. The molecule has 0 N–H and O–H groups in total. The summed E-state index contributed by atoms with van der Waals surface area (Å²) in [6.45, 7) is 8.74. The molecule has 10 rings (SSSR count). The van der Waals surface area contributed by atoms with Crippen LogP contribution in [0.25, 0.3) is 67.4 Å². The molecule has 8 aromatic carbocycles. The average molecular weight is 1040 g/mol. The molecule has 0 saturated heterocycles. The van der Waals surface area contributed by atoms with E-state index in [4.69, 9.17) is 0 Å². The molecular weight excluding hydrogens is 987 g/mol. The molecule has 2 heterocycles. The minimum Gasteiger partial charge on any atom is -0.256 e. The second kappa shape index (κ2) is 22.3. The van der Waals surface area contributed by atoms with Crippen molar-refractivity contribution < 1.29 is 25.6 Å². The Balaban J connectivity index is 0.000000186. The molecule has 0 bridgehead atoms. The number of sulfone groups is 2. The topological polar surface area (TPSA) is 94.1 Å². The van der Waals surface area contributed by atoms with E-state index in [1.54, 1.807) is 72.8 Å². The second-order valence-electron chi connectivity index (χ2n) is 19.6. The van der Waals surface area contributed by atoms with Crippen molar-refractivity contribution in [1.29, 1.82) is 0 Å². The molecule has 10 aromatic rings. The van der Waals surface area contributed by atoms with Gasteiger partial charge in [-0.3, -0.25) is 9.97 Å². The van der Waals surface area contributed by atoms with Crippen molar-refractivity contribution >= 4 is 64.8 Å². The number of fused-ring (bicyclic) bond motifs is 2. The van der Waals surface area contributed by atoms with E-state index in [0.29, 0.717) is 11.8 Å². The summed E-state index contributed by atoms with van der Waals surface area (Å²) in [5.41, 5.74) is 15.6. The van der Waals surface area contributed by atoms with Gasteiger partial charge < -0.3 is 0 Å². The highest BCUT2D eigenvalue weighted by Gasteiger charge is 2.16. The lowest BCUT2D eigenvalue weighted by atomic mass is 9.92. The van der Waals surface area contributed by atoms with Gasteiger partial charge in [0, 0.05) is 46.8 Å². The van der Waals surface area contributed by atoms with Gasteiger partial charge in [-0.1, -0.05) is 125 Å². The van der Waals surface area contributed by atoms with Gasteiger partial charge in [0.1, 0.15) is 11.6 Å². The maximum Gasteiger partial charge on any atom is 0.175 e. The maximum absolute atomic E-state index is 13.7. The fraction of sp³-hybridized carbons (Fsp3) is 0.121. The van der Waals surface area contributed by atoms with E-state index in [1.165, 1.54) is 47.9 Å². The van der Waals surface area contributed by atoms with Crippen LogP contribution in [-0.2, 0) is 19.7 Å². The first-order valence-electron chi connectivity index (χ1n) is 24.9. The Labute approximate surface area is 444 Å². The van der Waals surface area contributed by atoms with E-state index in [2.05, 4.69) is 98.3 Å². The molecule has 0 radical (unpaired) electrons. The van der Waals surface area contributed by atoms with Crippen molar-refractivity contribution in [3.05, 3.63) is 263 Å². The third kappa shape index (κ3) is 12.3. The van der Waals surface area contributed by atoms with Gasteiger partial charge in [-0.25, -0.2) is 25.6 Å². The summed E-state index contributed by atoms with van der Waals surface area (Å²) in [7, 11) is -6.63. The second-order valence-corrected chi connectivity index (χ2v) is 23.6. The summed E-state index contributed by atoms with van der Waals surface area (Å²) in [6, 6.07) is 59.7. The first-order chi connectivity index (χ1) is 36.4. The molecule has 0 unspecified atom stereocenters. The highest BCUT2D eigenvalue weighted by molar-refractivity contribution is 7.91. The van der Waals surface area contributed by atoms with Gasteiger partial charge >= 0.3 is 0 Å². The SMILES string of the molecule is CC(C)c1cc(-c2cccc(/C=C(/c3ccc(F)cc3)c3ccc(S(C)(=O)=O)cc3)c2)c2ncccc2c1.CC(C)c1cc(-c2cccc(/C=C(\c3ccc(F)cc3)c3ccc(S(C)(=O)=O)cc3)c2)c2ncccc2c1. The summed E-state index contributed by atoms with van der Waals surface area (Å²) in [5.74, 6) is 0.127. The summed E-state index contributed by atoms with van der Waals surface area (Å²) in [4.78, 5) is 9.87. The molecule has 6 nitrogen and oxygen atoms in total. The number of hydrogen-bond donors (Lipinski definition) is 0. The van der Waals surface area contributed by atoms with Gasteiger partial charge in [0.15, 0.2) is 19.7 Å². The number of pyridine rings is 2. The smallest absolute Gasteiger partial charge is 0.175 e. The number of aromatic nitrogens is 2. The Hall–Kier alpha value is -8.18. The van der Waals surface area contributed by atoms with Crippen molar-refractivity contribution in [2.24, 2.45) is 0 Å². The third-order valence-corrected chi connectivity index (χ3v) is 15.6. The molecule has 0 spiro atoms. The highest BCUT2D eigenvalue weighted by Crippen LogP contribution is 2.36. The van der Waals surface area contributed by atoms with Crippen molar-refractivity contribution in [1.82, 2.24) is 9.97 Å². The van der Waals surface area contributed by atoms with Crippen LogP contribution in [0.2, 0.25) is 0 Å². The van der Waals surface area contributed by atoms with Crippen LogP contribution in [-0.4, -0.2) is 39.3 Å². The Morgan fingerprint density at radius 1 is 0.421 bits per heavy atom. The fourth-order valence-corrected chi connectivity index (χ4v) is 10.4. The van der Waals surface area contributed by atoms with Crippen molar-refractivity contribution in [2.45, 2.75) is 49.3 Å². The number of benzene rings is 8. The number of halogens is 2. The van der Waals surface area contributed by atoms with Crippen molar-refractivity contribution in [2.75, 3.05) is 12.5 Å². The largest absolute Gasteiger partial charge is 0.256 e. The number of nitrogens with zero attached hydrogens (tertiary/aromatic N) is 2. The lowest BCUT2D eigenvalue weighted by Gasteiger charge is -2.13. The Bertz CT molecular complexity index is 3770. The van der Waals surface area contributed by atoms with Gasteiger partial charge in [0.2, 0.25) is 0 Å². The van der Waals surface area contributed by atoms with E-state index in [-0.39, 0.29) is 21.4 Å². The monoisotopic (exact) mass is 1040 g/mol. The van der Waals surface area contributed by atoms with Crippen LogP contribution in [0.1, 0.15) is 84.0 Å². The summed E-state index contributed by atoms with van der Waals surface area (Å²) < 4.78 is 75.4. The van der Waals surface area contributed by atoms with Gasteiger partial charge in [0.25, 0.3) is 0 Å². The van der Waals surface area contributed by atoms with Gasteiger partial charge in [0.05, 0.1) is 20.8 Å². The Morgan fingerprint density at radius 3 is 1.09 bits per heavy atom. The molecule has 0 amide bonds. The van der Waals surface area contributed by atoms with E-state index in [1.807, 2.05) is 60.9 Å². The van der Waals surface area contributed by atoms with Crippen LogP contribution >= 0.6 is 0 Å². The van der Waals surface area contributed by atoms with Crippen LogP contribution < -0.4 is 0 Å². The van der Waals surface area contributed by atoms with Crippen LogP contribution in [0.15, 0.2) is 216 Å². The van der Waals surface area contributed by atoms with E-state index >= 15 is 0 Å². The predicted octanol–water partition coefficient (Wildman–Crippen LogP) is 16.3. The van der Waals surface area contributed by atoms with Gasteiger partial charge in [-0.15, -0.1) is 0 Å². The third-order valence-electron chi connectivity index (χ3n) is 13.3. The molecule has 0 aliphatic rings. The zero-order valence-corrected chi connectivity index (χ0v) is 44.7. The number of rotatable bonds is 12. The minimum absolute atomic E-state index is 0.256. The lowest BCUT2D eigenvalue weighted by Crippen LogP contribution is -1.97. The van der Waals surface area contributed by atoms with Gasteiger partial charge in [-0.05, 0) is 188 Å². The molecule has 10 heteroatoms. The molecule has 0 saturated carbocycles. The van der Waals surface area contributed by atoms with Crippen LogP contribution in [0.3, 0.4) is 0 Å². The van der Waals surface area contributed by atoms with Gasteiger partial charge in [-0.2, -0.15) is 0 Å². The lowest BCUT2D eigenvalue weighted by molar-refractivity contribution is 0.600. The Morgan fingerprint density at radius 2 is 0.763 bits per heavy atom. The van der Waals surface area contributed by atoms with E-state index < -0.39 is 19.7 Å². The normalized spacial score (nSPS) is 12.3. The van der Waals surface area contributed by atoms with Crippen molar-refractivity contribution in [3.63, 3.8) is 0 Å². The maximum atomic E-state index is 13.7. The number of hydrogen-bond acceptors (Lipinski definition) is 6. The summed E-state index contributed by atoms with van der Waals surface area (Å²) >= 11 is 0. The zero-order valence-electron chi connectivity index (χ0n) is 43.0. The molecule has 2 aromatic heterocycles. The first-order valence-corrected chi connectivity index (χ1v) is 28.7. The standard InChI is InChI=1S/2C33H28FNO2S/c2*1-22(2)28-20-27-8-5-17-35-33(27)32(21-28)26-7-4-6-23(18-26)19-31(24-9-13-29(34)14-10-24)25-11-15-30(16-12-25)38(3,36)37/h2*4-22H,1-3H3/b31-19+;31-19-. The van der Waals surface area contributed by atoms with Crippen LogP contribution in [0.5, 0.6) is 0 Å². The molecule has 0 fully saturated rings. The van der Waals surface area contributed by atoms with Crippen LogP contribution in [0.4, 0.5) is 8.78 Å². The molecule has 0 atom stereocenters. The molecule has 0 aliphatic carbocycles. The molecular formula is C66H56F2N2O4S2. The highest BCUT2D eigenvalue weighted by atomic mass is 32.2. The molecule has 0 aliphatic heterocycles. The quantitative estimate of drug-likeness (QED) is 0.113.